The molecule has 1 aromatic heterocycles. The molecule has 9 heteroatoms. The lowest BCUT2D eigenvalue weighted by Crippen LogP contribution is -2.24. The minimum absolute atomic E-state index is 0.0939. The van der Waals surface area contributed by atoms with Gasteiger partial charge in [-0.3, -0.25) is 9.59 Å². The highest BCUT2D eigenvalue weighted by Crippen LogP contribution is 2.35. The first kappa shape index (κ1) is 19.7. The highest BCUT2D eigenvalue weighted by molar-refractivity contribution is 7.92. The molecule has 0 aliphatic rings. The molecule has 3 rings (SSSR count). The number of nitrogens with one attached hydrogen (secondary N) is 1. The summed E-state index contributed by atoms with van der Waals surface area (Å²) in [6.07, 6.45) is 0. The molecule has 0 radical (unpaired) electrons. The SMILES string of the molecule is NC(=O)c1cc(-c2ccccc2)sc1NC(=O)CS(=O)(=O)c1ccc(F)cc1. The molecule has 0 saturated carbocycles. The lowest BCUT2D eigenvalue weighted by molar-refractivity contribution is -0.113. The van der Waals surface area contributed by atoms with E-state index in [0.29, 0.717) is 4.88 Å². The van der Waals surface area contributed by atoms with E-state index < -0.39 is 33.2 Å². The fraction of sp³-hybridized carbons (Fsp3) is 0.0526. The lowest BCUT2D eigenvalue weighted by atomic mass is 10.1. The van der Waals surface area contributed by atoms with Crippen molar-refractivity contribution in [3.63, 3.8) is 0 Å². The van der Waals surface area contributed by atoms with Crippen LogP contribution in [0.3, 0.4) is 0 Å². The maximum atomic E-state index is 13.0. The molecular formula is C19H15FN2O4S2. The molecule has 0 bridgehead atoms. The Morgan fingerprint density at radius 2 is 1.68 bits per heavy atom. The van der Waals surface area contributed by atoms with Crippen LogP contribution in [0.2, 0.25) is 0 Å². The number of thiophene rings is 1. The number of carbonyl (C=O) groups excluding carboxylic acids is 2. The van der Waals surface area contributed by atoms with Gasteiger partial charge >= 0.3 is 0 Å². The summed E-state index contributed by atoms with van der Waals surface area (Å²) in [5.74, 6) is -3.00. The van der Waals surface area contributed by atoms with Gasteiger partial charge in [0, 0.05) is 4.88 Å². The molecule has 0 unspecified atom stereocenters. The van der Waals surface area contributed by atoms with Crippen LogP contribution in [0.5, 0.6) is 0 Å². The predicted octanol–water partition coefficient (Wildman–Crippen LogP) is 3.07. The van der Waals surface area contributed by atoms with Crippen LogP contribution in [0.15, 0.2) is 65.6 Å². The predicted molar refractivity (Wildman–Crippen MR) is 105 cm³/mol. The number of benzene rings is 2. The summed E-state index contributed by atoms with van der Waals surface area (Å²) in [6.45, 7) is 0. The Balaban J connectivity index is 1.82. The van der Waals surface area contributed by atoms with Crippen LogP contribution in [0.1, 0.15) is 10.4 Å². The van der Waals surface area contributed by atoms with Crippen molar-refractivity contribution in [1.82, 2.24) is 0 Å². The lowest BCUT2D eigenvalue weighted by Gasteiger charge is -2.06. The Morgan fingerprint density at radius 3 is 2.29 bits per heavy atom. The van der Waals surface area contributed by atoms with E-state index in [2.05, 4.69) is 5.32 Å². The summed E-state index contributed by atoms with van der Waals surface area (Å²) < 4.78 is 37.6. The van der Waals surface area contributed by atoms with Crippen molar-refractivity contribution in [1.29, 1.82) is 0 Å². The van der Waals surface area contributed by atoms with Crippen LogP contribution >= 0.6 is 11.3 Å². The molecule has 0 spiro atoms. The summed E-state index contributed by atoms with van der Waals surface area (Å²) >= 11 is 1.12. The van der Waals surface area contributed by atoms with E-state index in [1.807, 2.05) is 30.3 Å². The van der Waals surface area contributed by atoms with Gasteiger partial charge in [0.15, 0.2) is 9.84 Å². The molecule has 3 aromatic rings. The van der Waals surface area contributed by atoms with Gasteiger partial charge in [-0.2, -0.15) is 0 Å². The van der Waals surface area contributed by atoms with Crippen LogP contribution in [0.4, 0.5) is 9.39 Å². The van der Waals surface area contributed by atoms with Crippen molar-refractivity contribution < 1.29 is 22.4 Å². The molecular weight excluding hydrogens is 403 g/mol. The third kappa shape index (κ3) is 4.44. The van der Waals surface area contributed by atoms with Crippen molar-refractivity contribution in [2.24, 2.45) is 5.73 Å². The number of sulfone groups is 1. The van der Waals surface area contributed by atoms with Crippen molar-refractivity contribution in [2.45, 2.75) is 4.90 Å². The Morgan fingerprint density at radius 1 is 1.04 bits per heavy atom. The zero-order valence-electron chi connectivity index (χ0n) is 14.4. The van der Waals surface area contributed by atoms with Gasteiger partial charge in [-0.1, -0.05) is 30.3 Å². The van der Waals surface area contributed by atoms with Crippen LogP contribution in [-0.2, 0) is 14.6 Å². The number of halogens is 1. The highest BCUT2D eigenvalue weighted by Gasteiger charge is 2.22. The molecule has 144 valence electrons. The second-order valence-corrected chi connectivity index (χ2v) is 8.89. The number of nitrogens with two attached hydrogens (primary N) is 1. The van der Waals surface area contributed by atoms with Gasteiger partial charge in [0.1, 0.15) is 16.6 Å². The zero-order chi connectivity index (χ0) is 20.3. The quantitative estimate of drug-likeness (QED) is 0.600. The number of amides is 2. The second kappa shape index (κ2) is 7.91. The van der Waals surface area contributed by atoms with Crippen LogP contribution in [0.25, 0.3) is 10.4 Å². The topological polar surface area (TPSA) is 106 Å². The summed E-state index contributed by atoms with van der Waals surface area (Å²) in [6, 6.07) is 14.9. The van der Waals surface area contributed by atoms with Crippen molar-refractivity contribution in [3.8, 4) is 10.4 Å². The van der Waals surface area contributed by atoms with E-state index >= 15 is 0 Å². The first-order valence-electron chi connectivity index (χ1n) is 8.03. The van der Waals surface area contributed by atoms with E-state index in [0.717, 1.165) is 41.2 Å². The Labute approximate surface area is 164 Å². The van der Waals surface area contributed by atoms with E-state index in [1.54, 1.807) is 6.07 Å². The number of carbonyl (C=O) groups is 2. The molecule has 3 N–H and O–H groups in total. The number of primary amides is 1. The second-order valence-electron chi connectivity index (χ2n) is 5.84. The van der Waals surface area contributed by atoms with Crippen LogP contribution in [0, 0.1) is 5.82 Å². The molecule has 0 saturated heterocycles. The molecule has 6 nitrogen and oxygen atoms in total. The molecule has 0 aliphatic heterocycles. The van der Waals surface area contributed by atoms with E-state index in [9.17, 15) is 22.4 Å². The minimum Gasteiger partial charge on any atom is -0.366 e. The van der Waals surface area contributed by atoms with Gasteiger partial charge in [0.05, 0.1) is 10.5 Å². The van der Waals surface area contributed by atoms with Gasteiger partial charge in [-0.05, 0) is 35.9 Å². The molecule has 0 aliphatic carbocycles. The molecule has 28 heavy (non-hydrogen) atoms. The monoisotopic (exact) mass is 418 g/mol. The molecule has 0 atom stereocenters. The van der Waals surface area contributed by atoms with Crippen molar-refractivity contribution in [3.05, 3.63) is 72.0 Å². The molecule has 2 amide bonds. The maximum absolute atomic E-state index is 13.0. The zero-order valence-corrected chi connectivity index (χ0v) is 16.0. The normalized spacial score (nSPS) is 11.2. The van der Waals surface area contributed by atoms with Gasteiger partial charge in [0.2, 0.25) is 5.91 Å². The third-order valence-electron chi connectivity index (χ3n) is 3.80. The minimum atomic E-state index is -3.97. The standard InChI is InChI=1S/C19H15FN2O4S2/c20-13-6-8-14(9-7-13)28(25,26)11-17(23)22-19-15(18(21)24)10-16(27-19)12-4-2-1-3-5-12/h1-10H,11H2,(H2,21,24)(H,22,23). The van der Waals surface area contributed by atoms with Crippen LogP contribution in [-0.4, -0.2) is 26.0 Å². The molecule has 0 fully saturated rings. The maximum Gasteiger partial charge on any atom is 0.251 e. The van der Waals surface area contributed by atoms with Gasteiger partial charge in [-0.25, -0.2) is 12.8 Å². The average Bonchev–Trinajstić information content (AvgIpc) is 3.06. The summed E-state index contributed by atoms with van der Waals surface area (Å²) in [4.78, 5) is 24.5. The summed E-state index contributed by atoms with van der Waals surface area (Å²) in [5, 5.41) is 2.62. The number of rotatable bonds is 6. The fourth-order valence-electron chi connectivity index (χ4n) is 2.47. The Kier molecular flexibility index (Phi) is 5.57. The van der Waals surface area contributed by atoms with Gasteiger partial charge < -0.3 is 11.1 Å². The molecule has 2 aromatic carbocycles. The van der Waals surface area contributed by atoms with Gasteiger partial charge in [-0.15, -0.1) is 11.3 Å². The van der Waals surface area contributed by atoms with Crippen LogP contribution < -0.4 is 11.1 Å². The third-order valence-corrected chi connectivity index (χ3v) is 6.53. The number of hydrogen-bond donors (Lipinski definition) is 2. The first-order chi connectivity index (χ1) is 13.3. The number of anilines is 1. The van der Waals surface area contributed by atoms with E-state index in [-0.39, 0.29) is 15.5 Å². The summed E-state index contributed by atoms with van der Waals surface area (Å²) in [5.41, 5.74) is 6.30. The average molecular weight is 418 g/mol. The van der Waals surface area contributed by atoms with E-state index in [4.69, 9.17) is 5.73 Å². The van der Waals surface area contributed by atoms with Crippen molar-refractivity contribution >= 4 is 38.0 Å². The van der Waals surface area contributed by atoms with Crippen molar-refractivity contribution in [2.75, 3.05) is 11.1 Å². The Bertz CT molecular complexity index is 1120. The Hall–Kier alpha value is -3.04. The van der Waals surface area contributed by atoms with E-state index in [1.165, 1.54) is 0 Å². The largest absolute Gasteiger partial charge is 0.366 e. The van der Waals surface area contributed by atoms with Gasteiger partial charge in [0.25, 0.3) is 5.91 Å². The smallest absolute Gasteiger partial charge is 0.251 e. The molecule has 1 heterocycles. The highest BCUT2D eigenvalue weighted by atomic mass is 32.2. The fourth-order valence-corrected chi connectivity index (χ4v) is 4.69. The first-order valence-corrected chi connectivity index (χ1v) is 10.5. The number of hydrogen-bond acceptors (Lipinski definition) is 5. The summed E-state index contributed by atoms with van der Waals surface area (Å²) in [7, 11) is -3.97.